The number of nitriles is 1. The van der Waals surface area contributed by atoms with E-state index in [1.807, 2.05) is 43.1 Å². The number of halogens is 3. The summed E-state index contributed by atoms with van der Waals surface area (Å²) in [5.41, 5.74) is 0.918. The zero-order chi connectivity index (χ0) is 23.8. The lowest BCUT2D eigenvalue weighted by molar-refractivity contribution is -0.137. The van der Waals surface area contributed by atoms with Crippen molar-refractivity contribution in [2.75, 3.05) is 25.5 Å². The summed E-state index contributed by atoms with van der Waals surface area (Å²) in [4.78, 5) is 12.8. The highest BCUT2D eigenvalue weighted by atomic mass is 19.4. The van der Waals surface area contributed by atoms with E-state index in [0.29, 0.717) is 13.0 Å². The molecule has 0 aliphatic carbocycles. The molecule has 9 heteroatoms. The second-order valence-electron chi connectivity index (χ2n) is 8.49. The van der Waals surface area contributed by atoms with Crippen LogP contribution in [-0.4, -0.2) is 40.1 Å². The third-order valence-corrected chi connectivity index (χ3v) is 5.78. The van der Waals surface area contributed by atoms with Crippen LogP contribution in [0.1, 0.15) is 47.1 Å². The summed E-state index contributed by atoms with van der Waals surface area (Å²) in [6.45, 7) is 2.75. The highest BCUT2D eigenvalue weighted by Crippen LogP contribution is 2.41. The lowest BCUT2D eigenvalue weighted by Crippen LogP contribution is -2.28. The Balaban J connectivity index is 1.81. The second-order valence-corrected chi connectivity index (χ2v) is 8.49. The maximum atomic E-state index is 13.7. The quantitative estimate of drug-likeness (QED) is 0.551. The summed E-state index contributed by atoms with van der Waals surface area (Å²) in [5, 5.41) is 9.64. The average molecular weight is 455 g/mol. The van der Waals surface area contributed by atoms with Gasteiger partial charge in [0, 0.05) is 31.2 Å². The van der Waals surface area contributed by atoms with Crippen LogP contribution in [0.4, 0.5) is 19.0 Å². The summed E-state index contributed by atoms with van der Waals surface area (Å²) in [7, 11) is 3.99. The summed E-state index contributed by atoms with van der Waals surface area (Å²) in [5.74, 6) is 0.794. The van der Waals surface area contributed by atoms with Gasteiger partial charge in [-0.25, -0.2) is 9.97 Å². The Morgan fingerprint density at radius 2 is 2.00 bits per heavy atom. The Labute approximate surface area is 190 Å². The largest absolute Gasteiger partial charge is 0.417 e. The molecule has 0 radical (unpaired) electrons. The van der Waals surface area contributed by atoms with E-state index in [1.54, 1.807) is 17.2 Å². The monoisotopic (exact) mass is 454 g/mol. The number of hydrogen-bond donors (Lipinski definition) is 0. The smallest absolute Gasteiger partial charge is 0.345 e. The zero-order valence-electron chi connectivity index (χ0n) is 18.8. The standard InChI is InChI=1S/C24H25F3N6/c1-16-13-19(24(25,26)27)18(14-28)22(30-16)32-11-6-9-21(32)23-29-10-12-33(23)20-8-5-4-7-17(20)15-31(2)3/h4-5,7-8,10,12-13,21H,6,9,11,15H2,1-3H3/t21-/m0/s1. The fourth-order valence-electron chi connectivity index (χ4n) is 4.47. The van der Waals surface area contributed by atoms with Crippen LogP contribution >= 0.6 is 0 Å². The lowest BCUT2D eigenvalue weighted by atomic mass is 10.1. The molecule has 2 aromatic heterocycles. The van der Waals surface area contributed by atoms with Crippen molar-refractivity contribution in [1.29, 1.82) is 5.26 Å². The number of nitrogens with zero attached hydrogens (tertiary/aromatic N) is 6. The minimum absolute atomic E-state index is 0.0726. The molecule has 1 aliphatic rings. The maximum absolute atomic E-state index is 13.7. The molecule has 1 atom stereocenters. The van der Waals surface area contributed by atoms with Crippen molar-refractivity contribution in [3.63, 3.8) is 0 Å². The van der Waals surface area contributed by atoms with Crippen LogP contribution in [-0.2, 0) is 12.7 Å². The molecular formula is C24H25F3N6. The Kier molecular flexibility index (Phi) is 6.13. The van der Waals surface area contributed by atoms with Gasteiger partial charge in [0.25, 0.3) is 0 Å². The fourth-order valence-corrected chi connectivity index (χ4v) is 4.47. The zero-order valence-corrected chi connectivity index (χ0v) is 18.8. The first-order valence-electron chi connectivity index (χ1n) is 10.7. The van der Waals surface area contributed by atoms with E-state index in [2.05, 4.69) is 20.9 Å². The summed E-state index contributed by atoms with van der Waals surface area (Å²) < 4.78 is 43.0. The normalized spacial score (nSPS) is 16.4. The van der Waals surface area contributed by atoms with Gasteiger partial charge in [0.2, 0.25) is 0 Å². The van der Waals surface area contributed by atoms with Gasteiger partial charge in [0.05, 0.1) is 17.3 Å². The molecule has 1 saturated heterocycles. The number of rotatable bonds is 5. The van der Waals surface area contributed by atoms with E-state index >= 15 is 0 Å². The Morgan fingerprint density at radius 3 is 2.70 bits per heavy atom. The van der Waals surface area contributed by atoms with Crippen molar-refractivity contribution in [3.8, 4) is 11.8 Å². The predicted octanol–water partition coefficient (Wildman–Crippen LogP) is 4.87. The molecule has 0 bridgehead atoms. The molecule has 1 aromatic carbocycles. The van der Waals surface area contributed by atoms with E-state index in [4.69, 9.17) is 0 Å². The van der Waals surface area contributed by atoms with Crippen LogP contribution in [0.2, 0.25) is 0 Å². The van der Waals surface area contributed by atoms with Gasteiger partial charge in [0.15, 0.2) is 0 Å². The van der Waals surface area contributed by atoms with Crippen LogP contribution in [0.25, 0.3) is 5.69 Å². The SMILES string of the molecule is Cc1cc(C(F)(F)F)c(C#N)c(N2CCC[C@H]2c2nccn2-c2ccccc2CN(C)C)n1. The third-order valence-electron chi connectivity index (χ3n) is 5.78. The summed E-state index contributed by atoms with van der Waals surface area (Å²) >= 11 is 0. The first-order valence-corrected chi connectivity index (χ1v) is 10.7. The number of aromatic nitrogens is 3. The van der Waals surface area contributed by atoms with Gasteiger partial charge in [-0.3, -0.25) is 0 Å². The number of hydrogen-bond acceptors (Lipinski definition) is 5. The second kappa shape index (κ2) is 8.87. The highest BCUT2D eigenvalue weighted by Gasteiger charge is 2.39. The fraction of sp³-hybridized carbons (Fsp3) is 0.375. The van der Waals surface area contributed by atoms with E-state index in [1.165, 1.54) is 6.92 Å². The summed E-state index contributed by atoms with van der Waals surface area (Å²) in [6.07, 6.45) is 0.407. The third kappa shape index (κ3) is 4.44. The molecule has 0 saturated carbocycles. The first-order chi connectivity index (χ1) is 15.7. The van der Waals surface area contributed by atoms with E-state index in [0.717, 1.165) is 36.1 Å². The van der Waals surface area contributed by atoms with E-state index in [9.17, 15) is 18.4 Å². The van der Waals surface area contributed by atoms with Gasteiger partial charge >= 0.3 is 6.18 Å². The molecule has 0 unspecified atom stereocenters. The molecule has 1 aliphatic heterocycles. The number of benzene rings is 1. The molecule has 3 aromatic rings. The molecule has 172 valence electrons. The topological polar surface area (TPSA) is 61.0 Å². The molecule has 3 heterocycles. The van der Waals surface area contributed by atoms with E-state index < -0.39 is 17.3 Å². The molecule has 1 fully saturated rings. The molecular weight excluding hydrogens is 429 g/mol. The molecule has 6 nitrogen and oxygen atoms in total. The van der Waals surface area contributed by atoms with Gasteiger partial charge in [-0.05, 0) is 51.6 Å². The van der Waals surface area contributed by atoms with Crippen LogP contribution in [0.15, 0.2) is 42.7 Å². The first kappa shape index (κ1) is 22.8. The van der Waals surface area contributed by atoms with Crippen molar-refractivity contribution in [2.45, 2.75) is 38.5 Å². The average Bonchev–Trinajstić information content (AvgIpc) is 3.41. The highest BCUT2D eigenvalue weighted by molar-refractivity contribution is 5.61. The number of aryl methyl sites for hydroxylation is 1. The van der Waals surface area contributed by atoms with Crippen LogP contribution in [0, 0.1) is 18.3 Å². The van der Waals surface area contributed by atoms with Crippen molar-refractivity contribution in [1.82, 2.24) is 19.4 Å². The Bertz CT molecular complexity index is 1190. The minimum Gasteiger partial charge on any atom is -0.345 e. The molecule has 0 amide bonds. The number of pyridine rings is 1. The lowest BCUT2D eigenvalue weighted by Gasteiger charge is -2.28. The number of anilines is 1. The van der Waals surface area contributed by atoms with Gasteiger partial charge in [0.1, 0.15) is 23.3 Å². The summed E-state index contributed by atoms with van der Waals surface area (Å²) in [6, 6.07) is 10.4. The number of imidazole rings is 1. The van der Waals surface area contributed by atoms with Crippen LogP contribution in [0.5, 0.6) is 0 Å². The molecule has 0 spiro atoms. The minimum atomic E-state index is -4.63. The van der Waals surface area contributed by atoms with Crippen LogP contribution in [0.3, 0.4) is 0 Å². The van der Waals surface area contributed by atoms with Crippen molar-refractivity contribution in [3.05, 3.63) is 70.9 Å². The van der Waals surface area contributed by atoms with Crippen molar-refractivity contribution >= 4 is 5.82 Å². The predicted molar refractivity (Wildman–Crippen MR) is 119 cm³/mol. The van der Waals surface area contributed by atoms with Gasteiger partial charge in [-0.2, -0.15) is 18.4 Å². The number of alkyl halides is 3. The van der Waals surface area contributed by atoms with E-state index in [-0.39, 0.29) is 17.6 Å². The van der Waals surface area contributed by atoms with Crippen LogP contribution < -0.4 is 4.90 Å². The Morgan fingerprint density at radius 1 is 1.24 bits per heavy atom. The van der Waals surface area contributed by atoms with Gasteiger partial charge in [-0.1, -0.05) is 18.2 Å². The molecule has 33 heavy (non-hydrogen) atoms. The molecule has 0 N–H and O–H groups in total. The van der Waals surface area contributed by atoms with Crippen molar-refractivity contribution in [2.24, 2.45) is 0 Å². The van der Waals surface area contributed by atoms with Gasteiger partial charge < -0.3 is 14.4 Å². The van der Waals surface area contributed by atoms with Crippen molar-refractivity contribution < 1.29 is 13.2 Å². The molecule has 4 rings (SSSR count). The maximum Gasteiger partial charge on any atom is 0.417 e. The van der Waals surface area contributed by atoms with Gasteiger partial charge in [-0.15, -0.1) is 0 Å². The number of para-hydroxylation sites is 1. The Hall–Kier alpha value is -3.38.